The van der Waals surface area contributed by atoms with Crippen molar-refractivity contribution in [1.82, 2.24) is 0 Å². The number of halogens is 2. The lowest BCUT2D eigenvalue weighted by molar-refractivity contribution is 0.282. The zero-order chi connectivity index (χ0) is 10.1. The lowest BCUT2D eigenvalue weighted by Crippen LogP contribution is -1.83. The highest BCUT2D eigenvalue weighted by molar-refractivity contribution is 6.42. The molecule has 0 atom stereocenters. The molecule has 14 heavy (non-hydrogen) atoms. The van der Waals surface area contributed by atoms with Gasteiger partial charge in [0.2, 0.25) is 0 Å². The number of aliphatic hydroxyl groups excluding tert-OH is 1. The maximum atomic E-state index is 8.96. The standard InChI is InChI=1S/C11H8Cl2O/c12-10-4-8-2-1-7(6-14)3-9(8)5-11(10)13/h1-5,14H,6H2. The molecule has 3 heteroatoms. The quantitative estimate of drug-likeness (QED) is 0.788. The Balaban J connectivity index is 2.70. The SMILES string of the molecule is OCc1ccc2cc(Cl)c(Cl)cc2c1. The molecule has 1 N–H and O–H groups in total. The largest absolute Gasteiger partial charge is 0.392 e. The van der Waals surface area contributed by atoms with E-state index in [2.05, 4.69) is 0 Å². The van der Waals surface area contributed by atoms with Crippen molar-refractivity contribution >= 4 is 34.0 Å². The third kappa shape index (κ3) is 1.71. The molecular formula is C11H8Cl2O. The summed E-state index contributed by atoms with van der Waals surface area (Å²) in [5.41, 5.74) is 0.871. The van der Waals surface area contributed by atoms with E-state index < -0.39 is 0 Å². The lowest BCUT2D eigenvalue weighted by Gasteiger charge is -2.03. The highest BCUT2D eigenvalue weighted by Crippen LogP contribution is 2.28. The van der Waals surface area contributed by atoms with Crippen LogP contribution in [0.25, 0.3) is 10.8 Å². The third-order valence-electron chi connectivity index (χ3n) is 2.13. The molecule has 2 aromatic rings. The van der Waals surface area contributed by atoms with E-state index in [9.17, 15) is 0 Å². The molecule has 0 heterocycles. The van der Waals surface area contributed by atoms with Crippen molar-refractivity contribution in [2.24, 2.45) is 0 Å². The van der Waals surface area contributed by atoms with Crippen LogP contribution in [0.2, 0.25) is 10.0 Å². The molecule has 72 valence electrons. The van der Waals surface area contributed by atoms with E-state index in [4.69, 9.17) is 28.3 Å². The maximum absolute atomic E-state index is 8.96. The Kier molecular flexibility index (Phi) is 2.64. The van der Waals surface area contributed by atoms with E-state index >= 15 is 0 Å². The smallest absolute Gasteiger partial charge is 0.0682 e. The average molecular weight is 227 g/mol. The van der Waals surface area contributed by atoms with Gasteiger partial charge in [-0.2, -0.15) is 0 Å². The molecule has 2 rings (SSSR count). The van der Waals surface area contributed by atoms with Crippen molar-refractivity contribution in [3.8, 4) is 0 Å². The van der Waals surface area contributed by atoms with Gasteiger partial charge in [-0.3, -0.25) is 0 Å². The van der Waals surface area contributed by atoms with Crippen molar-refractivity contribution < 1.29 is 5.11 Å². The average Bonchev–Trinajstić information content (AvgIpc) is 2.19. The number of hydrogen-bond donors (Lipinski definition) is 1. The Labute approximate surface area is 91.9 Å². The van der Waals surface area contributed by atoms with E-state index in [1.54, 1.807) is 6.07 Å². The van der Waals surface area contributed by atoms with Gasteiger partial charge in [0.05, 0.1) is 16.7 Å². The van der Waals surface area contributed by atoms with Gasteiger partial charge in [0.15, 0.2) is 0 Å². The fraction of sp³-hybridized carbons (Fsp3) is 0.0909. The van der Waals surface area contributed by atoms with Gasteiger partial charge in [0.1, 0.15) is 0 Å². The second-order valence-electron chi connectivity index (χ2n) is 3.11. The Hall–Kier alpha value is -0.760. The van der Waals surface area contributed by atoms with E-state index in [1.165, 1.54) is 0 Å². The van der Waals surface area contributed by atoms with Crippen LogP contribution in [0.5, 0.6) is 0 Å². The zero-order valence-electron chi connectivity index (χ0n) is 7.30. The number of benzene rings is 2. The summed E-state index contributed by atoms with van der Waals surface area (Å²) in [4.78, 5) is 0. The van der Waals surface area contributed by atoms with Gasteiger partial charge < -0.3 is 5.11 Å². The van der Waals surface area contributed by atoms with Crippen LogP contribution in [0.15, 0.2) is 30.3 Å². The molecule has 0 unspecified atom stereocenters. The molecule has 0 aliphatic heterocycles. The van der Waals surface area contributed by atoms with E-state index in [-0.39, 0.29) is 6.61 Å². The number of fused-ring (bicyclic) bond motifs is 1. The highest BCUT2D eigenvalue weighted by atomic mass is 35.5. The van der Waals surface area contributed by atoms with Crippen LogP contribution in [0.4, 0.5) is 0 Å². The maximum Gasteiger partial charge on any atom is 0.0682 e. The highest BCUT2D eigenvalue weighted by Gasteiger charge is 2.01. The van der Waals surface area contributed by atoms with Gasteiger partial charge in [-0.15, -0.1) is 0 Å². The summed E-state index contributed by atoms with van der Waals surface area (Å²) < 4.78 is 0. The first-order valence-electron chi connectivity index (χ1n) is 4.19. The zero-order valence-corrected chi connectivity index (χ0v) is 8.81. The van der Waals surface area contributed by atoms with Crippen LogP contribution in [-0.4, -0.2) is 5.11 Å². The molecule has 0 aliphatic carbocycles. The van der Waals surface area contributed by atoms with Crippen molar-refractivity contribution in [1.29, 1.82) is 0 Å². The molecule has 0 saturated heterocycles. The molecular weight excluding hydrogens is 219 g/mol. The summed E-state index contributed by atoms with van der Waals surface area (Å²) in [7, 11) is 0. The van der Waals surface area contributed by atoms with E-state index in [0.717, 1.165) is 16.3 Å². The van der Waals surface area contributed by atoms with Crippen molar-refractivity contribution in [2.75, 3.05) is 0 Å². The van der Waals surface area contributed by atoms with Crippen LogP contribution < -0.4 is 0 Å². The van der Waals surface area contributed by atoms with E-state index in [0.29, 0.717) is 10.0 Å². The predicted molar refractivity (Wildman–Crippen MR) is 59.9 cm³/mol. The first kappa shape index (κ1) is 9.78. The Bertz CT molecular complexity index is 480. The summed E-state index contributed by atoms with van der Waals surface area (Å²) in [5, 5.41) is 12.1. The molecule has 0 radical (unpaired) electrons. The number of rotatable bonds is 1. The first-order chi connectivity index (χ1) is 6.70. The lowest BCUT2D eigenvalue weighted by atomic mass is 10.1. The molecule has 0 amide bonds. The molecule has 2 aromatic carbocycles. The van der Waals surface area contributed by atoms with Crippen LogP contribution >= 0.6 is 23.2 Å². The molecule has 0 spiro atoms. The van der Waals surface area contributed by atoms with E-state index in [1.807, 2.05) is 24.3 Å². The third-order valence-corrected chi connectivity index (χ3v) is 2.85. The minimum absolute atomic E-state index is 0.0379. The summed E-state index contributed by atoms with van der Waals surface area (Å²) in [6.07, 6.45) is 0. The topological polar surface area (TPSA) is 20.2 Å². The molecule has 0 aromatic heterocycles. The van der Waals surface area contributed by atoms with Crippen molar-refractivity contribution in [3.63, 3.8) is 0 Å². The minimum atomic E-state index is 0.0379. The predicted octanol–water partition coefficient (Wildman–Crippen LogP) is 3.64. The second-order valence-corrected chi connectivity index (χ2v) is 3.92. The summed E-state index contributed by atoms with van der Waals surface area (Å²) in [5.74, 6) is 0. The Morgan fingerprint density at radius 2 is 1.57 bits per heavy atom. The normalized spacial score (nSPS) is 10.8. The van der Waals surface area contributed by atoms with Crippen LogP contribution in [0.1, 0.15) is 5.56 Å². The summed E-state index contributed by atoms with van der Waals surface area (Å²) in [6.45, 7) is 0.0379. The second kappa shape index (κ2) is 3.77. The van der Waals surface area contributed by atoms with Crippen molar-refractivity contribution in [3.05, 3.63) is 45.9 Å². The van der Waals surface area contributed by atoms with Gasteiger partial charge >= 0.3 is 0 Å². The van der Waals surface area contributed by atoms with Crippen LogP contribution in [-0.2, 0) is 6.61 Å². The fourth-order valence-corrected chi connectivity index (χ4v) is 1.73. The van der Waals surface area contributed by atoms with Gasteiger partial charge in [-0.05, 0) is 34.5 Å². The summed E-state index contributed by atoms with van der Waals surface area (Å²) >= 11 is 11.8. The summed E-state index contributed by atoms with van der Waals surface area (Å²) in [6, 6.07) is 9.31. The van der Waals surface area contributed by atoms with Crippen molar-refractivity contribution in [2.45, 2.75) is 6.61 Å². The van der Waals surface area contributed by atoms with Crippen LogP contribution in [0, 0.1) is 0 Å². The molecule has 0 saturated carbocycles. The van der Waals surface area contributed by atoms with Gasteiger partial charge in [0, 0.05) is 0 Å². The van der Waals surface area contributed by atoms with Gasteiger partial charge in [0.25, 0.3) is 0 Å². The molecule has 0 aliphatic rings. The first-order valence-corrected chi connectivity index (χ1v) is 4.95. The number of hydrogen-bond acceptors (Lipinski definition) is 1. The number of aliphatic hydroxyl groups is 1. The molecule has 0 fully saturated rings. The minimum Gasteiger partial charge on any atom is -0.392 e. The Morgan fingerprint density at radius 3 is 2.21 bits per heavy atom. The van der Waals surface area contributed by atoms with Gasteiger partial charge in [-0.1, -0.05) is 35.3 Å². The molecule has 0 bridgehead atoms. The molecule has 1 nitrogen and oxygen atoms in total. The van der Waals surface area contributed by atoms with Gasteiger partial charge in [-0.25, -0.2) is 0 Å². The fourth-order valence-electron chi connectivity index (χ4n) is 1.39. The Morgan fingerprint density at radius 1 is 0.929 bits per heavy atom. The van der Waals surface area contributed by atoms with Crippen LogP contribution in [0.3, 0.4) is 0 Å². The monoisotopic (exact) mass is 226 g/mol.